The Bertz CT molecular complexity index is 894. The molecule has 1 aliphatic rings. The Hall–Kier alpha value is -1.95. The Morgan fingerprint density at radius 2 is 1.93 bits per heavy atom. The fourth-order valence-electron chi connectivity index (χ4n) is 3.84. The molecule has 0 bridgehead atoms. The summed E-state index contributed by atoms with van der Waals surface area (Å²) in [4.78, 5) is 27.8. The third-order valence-electron chi connectivity index (χ3n) is 5.56. The summed E-state index contributed by atoms with van der Waals surface area (Å²) in [6.07, 6.45) is 7.79. The maximum absolute atomic E-state index is 12.6. The van der Waals surface area contributed by atoms with Crippen molar-refractivity contribution in [3.05, 3.63) is 39.4 Å². The molecule has 0 atom stereocenters. The number of aromatic amines is 1. The molecule has 1 aliphatic carbocycles. The van der Waals surface area contributed by atoms with E-state index in [0.29, 0.717) is 29.2 Å². The molecule has 1 aromatic carbocycles. The molecule has 6 heteroatoms. The number of fused-ring (bicyclic) bond motifs is 1. The standard InChI is InChI=1S/C21H29N3O2S/c1-15-10-12-16(13-11-15)22-19(25)9-3-2-6-14-24-20(26)17-7-4-5-8-18(17)23-21(24)27/h4-5,7-8,15-16H,2-3,6,9-14H2,1H3,(H,22,25)(H,23,27). The van der Waals surface area contributed by atoms with E-state index in [1.54, 1.807) is 4.57 Å². The van der Waals surface area contributed by atoms with Gasteiger partial charge in [-0.2, -0.15) is 0 Å². The number of nitrogens with zero attached hydrogens (tertiary/aromatic N) is 1. The second-order valence-corrected chi connectivity index (χ2v) is 8.15. The van der Waals surface area contributed by atoms with Gasteiger partial charge in [0.05, 0.1) is 10.9 Å². The molecule has 1 amide bonds. The zero-order valence-corrected chi connectivity index (χ0v) is 16.8. The number of hydrogen-bond donors (Lipinski definition) is 2. The van der Waals surface area contributed by atoms with Crippen LogP contribution in [-0.4, -0.2) is 21.5 Å². The monoisotopic (exact) mass is 387 g/mol. The minimum Gasteiger partial charge on any atom is -0.353 e. The summed E-state index contributed by atoms with van der Waals surface area (Å²) >= 11 is 5.33. The van der Waals surface area contributed by atoms with Gasteiger partial charge < -0.3 is 10.3 Å². The minimum atomic E-state index is -0.0429. The third kappa shape index (κ3) is 5.28. The smallest absolute Gasteiger partial charge is 0.262 e. The van der Waals surface area contributed by atoms with E-state index in [2.05, 4.69) is 17.2 Å². The number of benzene rings is 1. The topological polar surface area (TPSA) is 66.9 Å². The molecule has 2 N–H and O–H groups in total. The Kier molecular flexibility index (Phi) is 6.83. The quantitative estimate of drug-likeness (QED) is 0.549. The molecule has 1 heterocycles. The third-order valence-corrected chi connectivity index (χ3v) is 5.88. The zero-order chi connectivity index (χ0) is 19.2. The number of rotatable bonds is 7. The van der Waals surface area contributed by atoms with Crippen molar-refractivity contribution in [3.63, 3.8) is 0 Å². The van der Waals surface area contributed by atoms with E-state index >= 15 is 0 Å². The Labute approximate surface area is 165 Å². The number of H-pyrrole nitrogens is 1. The molecule has 2 aromatic rings. The highest BCUT2D eigenvalue weighted by Crippen LogP contribution is 2.23. The van der Waals surface area contributed by atoms with Gasteiger partial charge in [-0.05, 0) is 68.8 Å². The van der Waals surface area contributed by atoms with E-state index in [-0.39, 0.29) is 11.5 Å². The predicted octanol–water partition coefficient (Wildman–Crippen LogP) is 4.31. The summed E-state index contributed by atoms with van der Waals surface area (Å²) in [6, 6.07) is 7.79. The van der Waals surface area contributed by atoms with Crippen molar-refractivity contribution in [2.45, 2.75) is 70.9 Å². The van der Waals surface area contributed by atoms with Crippen LogP contribution in [0, 0.1) is 10.7 Å². The number of amides is 1. The number of aromatic nitrogens is 2. The second kappa shape index (κ2) is 9.31. The maximum Gasteiger partial charge on any atom is 0.262 e. The van der Waals surface area contributed by atoms with Crippen LogP contribution in [0.1, 0.15) is 58.3 Å². The van der Waals surface area contributed by atoms with Gasteiger partial charge >= 0.3 is 0 Å². The molecule has 27 heavy (non-hydrogen) atoms. The summed E-state index contributed by atoms with van der Waals surface area (Å²) in [5, 5.41) is 3.83. The second-order valence-electron chi connectivity index (χ2n) is 7.77. The number of nitrogens with one attached hydrogen (secondary N) is 2. The van der Waals surface area contributed by atoms with Crippen LogP contribution in [0.2, 0.25) is 0 Å². The van der Waals surface area contributed by atoms with Gasteiger partial charge in [-0.15, -0.1) is 0 Å². The van der Waals surface area contributed by atoms with Crippen molar-refractivity contribution < 1.29 is 4.79 Å². The van der Waals surface area contributed by atoms with Crippen LogP contribution < -0.4 is 10.9 Å². The molecule has 0 radical (unpaired) electrons. The van der Waals surface area contributed by atoms with Gasteiger partial charge in [0.2, 0.25) is 5.91 Å². The van der Waals surface area contributed by atoms with Crippen molar-refractivity contribution in [1.29, 1.82) is 0 Å². The van der Waals surface area contributed by atoms with Crippen LogP contribution in [0.15, 0.2) is 29.1 Å². The fourth-order valence-corrected chi connectivity index (χ4v) is 4.12. The first-order chi connectivity index (χ1) is 13.0. The lowest BCUT2D eigenvalue weighted by Crippen LogP contribution is -2.37. The Morgan fingerprint density at radius 1 is 1.19 bits per heavy atom. The summed E-state index contributed by atoms with van der Waals surface area (Å²) < 4.78 is 2.09. The van der Waals surface area contributed by atoms with Crippen molar-refractivity contribution in [2.24, 2.45) is 5.92 Å². The molecule has 0 aliphatic heterocycles. The Morgan fingerprint density at radius 3 is 2.70 bits per heavy atom. The van der Waals surface area contributed by atoms with Crippen molar-refractivity contribution in [1.82, 2.24) is 14.9 Å². The first-order valence-electron chi connectivity index (χ1n) is 10.1. The van der Waals surface area contributed by atoms with Crippen molar-refractivity contribution in [3.8, 4) is 0 Å². The molecule has 1 fully saturated rings. The Balaban J connectivity index is 1.43. The highest BCUT2D eigenvalue weighted by atomic mass is 32.1. The fraction of sp³-hybridized carbons (Fsp3) is 0.571. The van der Waals surface area contributed by atoms with Crippen LogP contribution in [0.5, 0.6) is 0 Å². The molecule has 0 spiro atoms. The molecule has 5 nitrogen and oxygen atoms in total. The van der Waals surface area contributed by atoms with Crippen molar-refractivity contribution in [2.75, 3.05) is 0 Å². The number of carbonyl (C=O) groups excluding carboxylic acids is 1. The number of carbonyl (C=O) groups is 1. The lowest BCUT2D eigenvalue weighted by atomic mass is 9.87. The van der Waals surface area contributed by atoms with Gasteiger partial charge in [0.1, 0.15) is 0 Å². The van der Waals surface area contributed by atoms with Gasteiger partial charge in [-0.25, -0.2) is 0 Å². The molecule has 1 aromatic heterocycles. The van der Waals surface area contributed by atoms with Gasteiger partial charge in [0, 0.05) is 19.0 Å². The average molecular weight is 388 g/mol. The number of para-hydroxylation sites is 1. The van der Waals surface area contributed by atoms with Gasteiger partial charge in [-0.1, -0.05) is 25.5 Å². The van der Waals surface area contributed by atoms with Crippen LogP contribution >= 0.6 is 12.2 Å². The van der Waals surface area contributed by atoms with E-state index in [0.717, 1.165) is 43.5 Å². The highest BCUT2D eigenvalue weighted by Gasteiger charge is 2.19. The molecule has 1 saturated carbocycles. The molecule has 3 rings (SSSR count). The molecular formula is C21H29N3O2S. The van der Waals surface area contributed by atoms with Crippen LogP contribution in [-0.2, 0) is 11.3 Å². The summed E-state index contributed by atoms with van der Waals surface area (Å²) in [5.74, 6) is 0.956. The van der Waals surface area contributed by atoms with E-state index in [1.165, 1.54) is 12.8 Å². The number of unbranched alkanes of at least 4 members (excludes halogenated alkanes) is 2. The van der Waals surface area contributed by atoms with Gasteiger partial charge in [0.25, 0.3) is 5.56 Å². The maximum atomic E-state index is 12.6. The van der Waals surface area contributed by atoms with Crippen LogP contribution in [0.25, 0.3) is 10.9 Å². The molecular weight excluding hydrogens is 358 g/mol. The predicted molar refractivity (Wildman–Crippen MR) is 111 cm³/mol. The van der Waals surface area contributed by atoms with Crippen LogP contribution in [0.4, 0.5) is 0 Å². The normalized spacial score (nSPS) is 19.9. The average Bonchev–Trinajstić information content (AvgIpc) is 2.65. The molecule has 0 saturated heterocycles. The van der Waals surface area contributed by atoms with Crippen molar-refractivity contribution >= 4 is 29.0 Å². The van der Waals surface area contributed by atoms with Gasteiger partial charge in [-0.3, -0.25) is 14.2 Å². The minimum absolute atomic E-state index is 0.0429. The van der Waals surface area contributed by atoms with E-state index in [1.807, 2.05) is 24.3 Å². The molecule has 146 valence electrons. The zero-order valence-electron chi connectivity index (χ0n) is 16.0. The van der Waals surface area contributed by atoms with Crippen LogP contribution in [0.3, 0.4) is 0 Å². The highest BCUT2D eigenvalue weighted by molar-refractivity contribution is 7.71. The first kappa shape index (κ1) is 19.8. The summed E-state index contributed by atoms with van der Waals surface area (Å²) in [5.41, 5.74) is 0.733. The SMILES string of the molecule is CC1CCC(NC(=O)CCCCCn2c(=S)[nH]c3ccccc3c2=O)CC1. The summed E-state index contributed by atoms with van der Waals surface area (Å²) in [7, 11) is 0. The van der Waals surface area contributed by atoms with E-state index < -0.39 is 0 Å². The lowest BCUT2D eigenvalue weighted by molar-refractivity contribution is -0.122. The summed E-state index contributed by atoms with van der Waals surface area (Å²) in [6.45, 7) is 2.87. The van der Waals surface area contributed by atoms with E-state index in [9.17, 15) is 9.59 Å². The lowest BCUT2D eigenvalue weighted by Gasteiger charge is -2.26. The number of hydrogen-bond acceptors (Lipinski definition) is 3. The van der Waals surface area contributed by atoms with E-state index in [4.69, 9.17) is 12.2 Å². The molecule has 0 unspecified atom stereocenters. The first-order valence-corrected chi connectivity index (χ1v) is 10.5. The van der Waals surface area contributed by atoms with Gasteiger partial charge in [0.15, 0.2) is 4.77 Å². The largest absolute Gasteiger partial charge is 0.353 e.